The van der Waals surface area contributed by atoms with Crippen molar-refractivity contribution in [3.05, 3.63) is 77.7 Å². The fraction of sp³-hybridized carbons (Fsp3) is 0.0556. The van der Waals surface area contributed by atoms with Gasteiger partial charge in [-0.25, -0.2) is 4.39 Å². The minimum atomic E-state index is -4.41. The van der Waals surface area contributed by atoms with Crippen LogP contribution in [0.3, 0.4) is 0 Å². The molecule has 0 saturated carbocycles. The molecule has 0 atom stereocenters. The van der Waals surface area contributed by atoms with Crippen LogP contribution in [0, 0.1) is 5.82 Å². The number of nitrogens with zero attached hydrogens (tertiary/aromatic N) is 2. The van der Waals surface area contributed by atoms with E-state index in [-0.39, 0.29) is 17.2 Å². The van der Waals surface area contributed by atoms with Gasteiger partial charge in [0.1, 0.15) is 5.82 Å². The molecule has 0 radical (unpaired) electrons. The number of benzene rings is 2. The summed E-state index contributed by atoms with van der Waals surface area (Å²) in [5.74, 6) is -0.995. The van der Waals surface area contributed by atoms with Crippen LogP contribution in [0.2, 0.25) is 0 Å². The number of carbonyl (C=O) groups is 1. The van der Waals surface area contributed by atoms with Gasteiger partial charge < -0.3 is 10.6 Å². The molecule has 3 aromatic rings. The monoisotopic (exact) mass is 376 g/mol. The first-order valence-electron chi connectivity index (χ1n) is 7.67. The van der Waals surface area contributed by atoms with E-state index in [0.717, 1.165) is 12.1 Å². The molecule has 3 rings (SSSR count). The van der Waals surface area contributed by atoms with E-state index in [1.807, 2.05) is 0 Å². The van der Waals surface area contributed by atoms with Crippen LogP contribution < -0.4 is 10.6 Å². The summed E-state index contributed by atoms with van der Waals surface area (Å²) in [6.45, 7) is 0. The molecule has 1 amide bonds. The minimum Gasteiger partial charge on any atom is -0.339 e. The standard InChI is InChI=1S/C18H12F4N4O/c19-13-3-1-2-4-14(13)24-17(27)15-9-10-16(26-25-15)23-12-7-5-11(6-8-12)18(20,21)22/h1-10H,(H,23,26)(H,24,27). The summed E-state index contributed by atoms with van der Waals surface area (Å²) >= 11 is 0. The van der Waals surface area contributed by atoms with Gasteiger partial charge in [-0.15, -0.1) is 10.2 Å². The number of hydrogen-bond donors (Lipinski definition) is 2. The summed E-state index contributed by atoms with van der Waals surface area (Å²) in [6.07, 6.45) is -4.41. The lowest BCUT2D eigenvalue weighted by molar-refractivity contribution is -0.137. The molecule has 2 aromatic carbocycles. The zero-order chi connectivity index (χ0) is 19.4. The van der Waals surface area contributed by atoms with Gasteiger partial charge in [0.2, 0.25) is 0 Å². The Morgan fingerprint density at radius 1 is 0.889 bits per heavy atom. The predicted octanol–water partition coefficient (Wildman–Crippen LogP) is 4.63. The molecular formula is C18H12F4N4O. The quantitative estimate of drug-likeness (QED) is 0.652. The summed E-state index contributed by atoms with van der Waals surface area (Å²) in [5.41, 5.74) is -0.423. The highest BCUT2D eigenvalue weighted by molar-refractivity contribution is 6.02. The summed E-state index contributed by atoms with van der Waals surface area (Å²) in [6, 6.07) is 12.8. The number of nitrogens with one attached hydrogen (secondary N) is 2. The Kier molecular flexibility index (Phi) is 5.02. The molecule has 0 bridgehead atoms. The van der Waals surface area contributed by atoms with Crippen LogP contribution in [-0.4, -0.2) is 16.1 Å². The fourth-order valence-electron chi connectivity index (χ4n) is 2.16. The maximum absolute atomic E-state index is 13.5. The molecular weight excluding hydrogens is 364 g/mol. The molecule has 2 N–H and O–H groups in total. The molecule has 0 fully saturated rings. The van der Waals surface area contributed by atoms with Crippen LogP contribution in [-0.2, 0) is 6.18 Å². The van der Waals surface area contributed by atoms with E-state index in [0.29, 0.717) is 5.69 Å². The molecule has 1 heterocycles. The molecule has 0 aliphatic rings. The van der Waals surface area contributed by atoms with Crippen LogP contribution in [0.5, 0.6) is 0 Å². The lowest BCUT2D eigenvalue weighted by Gasteiger charge is -2.09. The Labute approximate surface area is 151 Å². The van der Waals surface area contributed by atoms with Gasteiger partial charge in [-0.2, -0.15) is 13.2 Å². The maximum Gasteiger partial charge on any atom is 0.416 e. The molecule has 0 saturated heterocycles. The van der Waals surface area contributed by atoms with Crippen molar-refractivity contribution in [1.29, 1.82) is 0 Å². The topological polar surface area (TPSA) is 66.9 Å². The number of para-hydroxylation sites is 1. The van der Waals surface area contributed by atoms with Crippen LogP contribution in [0.15, 0.2) is 60.7 Å². The molecule has 9 heteroatoms. The first kappa shape index (κ1) is 18.3. The molecule has 138 valence electrons. The van der Waals surface area contributed by atoms with E-state index >= 15 is 0 Å². The number of alkyl halides is 3. The van der Waals surface area contributed by atoms with E-state index in [9.17, 15) is 22.4 Å². The van der Waals surface area contributed by atoms with E-state index in [1.165, 1.54) is 42.5 Å². The fourth-order valence-corrected chi connectivity index (χ4v) is 2.16. The Bertz CT molecular complexity index is 941. The van der Waals surface area contributed by atoms with Gasteiger partial charge in [-0.05, 0) is 48.5 Å². The minimum absolute atomic E-state index is 0.0104. The lowest BCUT2D eigenvalue weighted by Crippen LogP contribution is -2.15. The van der Waals surface area contributed by atoms with Crippen LogP contribution in [0.1, 0.15) is 16.1 Å². The highest BCUT2D eigenvalue weighted by Crippen LogP contribution is 2.30. The molecule has 27 heavy (non-hydrogen) atoms. The van der Waals surface area contributed by atoms with Crippen molar-refractivity contribution in [3.8, 4) is 0 Å². The van der Waals surface area contributed by atoms with Crippen molar-refractivity contribution in [2.75, 3.05) is 10.6 Å². The third kappa shape index (κ3) is 4.57. The molecule has 0 aliphatic carbocycles. The Morgan fingerprint density at radius 2 is 1.59 bits per heavy atom. The van der Waals surface area contributed by atoms with Gasteiger partial charge in [0, 0.05) is 5.69 Å². The highest BCUT2D eigenvalue weighted by Gasteiger charge is 2.29. The van der Waals surface area contributed by atoms with Crippen LogP contribution in [0.4, 0.5) is 34.8 Å². The van der Waals surface area contributed by atoms with Gasteiger partial charge >= 0.3 is 6.18 Å². The van der Waals surface area contributed by atoms with Gasteiger partial charge in [0.05, 0.1) is 11.3 Å². The number of hydrogen-bond acceptors (Lipinski definition) is 4. The van der Waals surface area contributed by atoms with Crippen molar-refractivity contribution in [3.63, 3.8) is 0 Å². The maximum atomic E-state index is 13.5. The van der Waals surface area contributed by atoms with E-state index in [2.05, 4.69) is 20.8 Å². The molecule has 1 aromatic heterocycles. The molecule has 0 spiro atoms. The third-order valence-corrected chi connectivity index (χ3v) is 3.50. The van der Waals surface area contributed by atoms with E-state index < -0.39 is 23.5 Å². The number of carbonyl (C=O) groups excluding carboxylic acids is 1. The van der Waals surface area contributed by atoms with Gasteiger partial charge in [0.25, 0.3) is 5.91 Å². The van der Waals surface area contributed by atoms with Crippen molar-refractivity contribution in [1.82, 2.24) is 10.2 Å². The van der Waals surface area contributed by atoms with Gasteiger partial charge in [-0.3, -0.25) is 4.79 Å². The second-order valence-electron chi connectivity index (χ2n) is 5.44. The zero-order valence-corrected chi connectivity index (χ0v) is 13.6. The van der Waals surface area contributed by atoms with E-state index in [1.54, 1.807) is 6.07 Å². The Hall–Kier alpha value is -3.49. The molecule has 5 nitrogen and oxygen atoms in total. The second kappa shape index (κ2) is 7.40. The number of rotatable bonds is 4. The molecule has 0 unspecified atom stereocenters. The first-order valence-corrected chi connectivity index (χ1v) is 7.67. The number of amides is 1. The summed E-state index contributed by atoms with van der Waals surface area (Å²) in [4.78, 5) is 12.1. The van der Waals surface area contributed by atoms with E-state index in [4.69, 9.17) is 0 Å². The van der Waals surface area contributed by atoms with Crippen LogP contribution >= 0.6 is 0 Å². The molecule has 0 aliphatic heterocycles. The second-order valence-corrected chi connectivity index (χ2v) is 5.44. The lowest BCUT2D eigenvalue weighted by atomic mass is 10.2. The Morgan fingerprint density at radius 3 is 2.19 bits per heavy atom. The number of aromatic nitrogens is 2. The smallest absolute Gasteiger partial charge is 0.339 e. The first-order chi connectivity index (χ1) is 12.8. The average Bonchev–Trinajstić information content (AvgIpc) is 2.64. The SMILES string of the molecule is O=C(Nc1ccccc1F)c1ccc(Nc2ccc(C(F)(F)F)cc2)nn1. The third-order valence-electron chi connectivity index (χ3n) is 3.50. The van der Waals surface area contributed by atoms with Crippen LogP contribution in [0.25, 0.3) is 0 Å². The largest absolute Gasteiger partial charge is 0.416 e. The highest BCUT2D eigenvalue weighted by atomic mass is 19.4. The summed E-state index contributed by atoms with van der Waals surface area (Å²) in [5, 5.41) is 12.7. The zero-order valence-electron chi connectivity index (χ0n) is 13.6. The normalized spacial score (nSPS) is 11.1. The number of anilines is 3. The average molecular weight is 376 g/mol. The van der Waals surface area contributed by atoms with Crippen molar-refractivity contribution in [2.24, 2.45) is 0 Å². The Balaban J connectivity index is 1.66. The van der Waals surface area contributed by atoms with Crippen molar-refractivity contribution < 1.29 is 22.4 Å². The van der Waals surface area contributed by atoms with Crippen molar-refractivity contribution >= 4 is 23.1 Å². The van der Waals surface area contributed by atoms with Gasteiger partial charge in [-0.1, -0.05) is 12.1 Å². The summed E-state index contributed by atoms with van der Waals surface area (Å²) < 4.78 is 51.2. The van der Waals surface area contributed by atoms with Gasteiger partial charge in [0.15, 0.2) is 11.5 Å². The number of halogens is 4. The summed E-state index contributed by atoms with van der Waals surface area (Å²) in [7, 11) is 0. The van der Waals surface area contributed by atoms with Crippen molar-refractivity contribution in [2.45, 2.75) is 6.18 Å². The predicted molar refractivity (Wildman–Crippen MR) is 91.1 cm³/mol.